The minimum Gasteiger partial charge on any atom is -0.486 e. The summed E-state index contributed by atoms with van der Waals surface area (Å²) >= 11 is 0. The molecule has 2 heterocycles. The van der Waals surface area contributed by atoms with E-state index in [1.807, 2.05) is 36.7 Å². The number of fused-ring (bicyclic) bond motifs is 4. The Kier molecular flexibility index (Phi) is 2.94. The first-order valence-electron chi connectivity index (χ1n) is 7.35. The summed E-state index contributed by atoms with van der Waals surface area (Å²) in [5, 5.41) is 11.8. The summed E-state index contributed by atoms with van der Waals surface area (Å²) < 4.78 is 7.73. The van der Waals surface area contributed by atoms with Gasteiger partial charge in [-0.25, -0.2) is 0 Å². The van der Waals surface area contributed by atoms with Gasteiger partial charge in [-0.15, -0.1) is 0 Å². The van der Waals surface area contributed by atoms with Gasteiger partial charge < -0.3 is 15.0 Å². The number of nitrogens with two attached hydrogens (primary N) is 1. The molecule has 114 valence electrons. The Hall–Kier alpha value is -3.08. The van der Waals surface area contributed by atoms with Crippen LogP contribution in [0.25, 0.3) is 32.6 Å². The summed E-state index contributed by atoms with van der Waals surface area (Å²) in [4.78, 5) is 4.20. The molecule has 0 atom stereocenters. The number of hydrogen-bond donors (Lipinski definition) is 2. The molecule has 0 amide bonds. The van der Waals surface area contributed by atoms with Crippen molar-refractivity contribution in [3.63, 3.8) is 0 Å². The van der Waals surface area contributed by atoms with E-state index in [0.717, 1.165) is 21.7 Å². The van der Waals surface area contributed by atoms with Crippen LogP contribution in [0.5, 0.6) is 5.75 Å². The quantitative estimate of drug-likeness (QED) is 0.451. The lowest BCUT2D eigenvalue weighted by atomic mass is 10.1. The molecule has 5 heteroatoms. The van der Waals surface area contributed by atoms with Crippen LogP contribution in [0.2, 0.25) is 0 Å². The Morgan fingerprint density at radius 1 is 1.13 bits per heavy atom. The molecular weight excluding hydrogens is 288 g/mol. The second kappa shape index (κ2) is 4.98. The number of rotatable bonds is 3. The molecule has 0 aliphatic carbocycles. The van der Waals surface area contributed by atoms with Gasteiger partial charge in [-0.1, -0.05) is 0 Å². The van der Waals surface area contributed by atoms with Crippen LogP contribution in [0, 0.1) is 5.41 Å². The van der Waals surface area contributed by atoms with Gasteiger partial charge in [0.1, 0.15) is 18.2 Å². The van der Waals surface area contributed by atoms with E-state index in [4.69, 9.17) is 15.9 Å². The number of nitrogens with zero attached hydrogens (tertiary/aromatic N) is 2. The van der Waals surface area contributed by atoms with Gasteiger partial charge in [-0.05, 0) is 41.8 Å². The lowest BCUT2D eigenvalue weighted by Crippen LogP contribution is -2.19. The third-order valence-corrected chi connectivity index (χ3v) is 4.13. The van der Waals surface area contributed by atoms with E-state index in [1.165, 1.54) is 10.9 Å². The summed E-state index contributed by atoms with van der Waals surface area (Å²) in [7, 11) is 2.06. The van der Waals surface area contributed by atoms with Crippen LogP contribution in [0.3, 0.4) is 0 Å². The van der Waals surface area contributed by atoms with Crippen molar-refractivity contribution in [2.75, 3.05) is 6.61 Å². The maximum atomic E-state index is 7.27. The molecule has 0 spiro atoms. The maximum Gasteiger partial charge on any atom is 0.145 e. The molecule has 0 fully saturated rings. The fourth-order valence-corrected chi connectivity index (χ4v) is 3.02. The fraction of sp³-hybridized carbons (Fsp3) is 0.111. The van der Waals surface area contributed by atoms with Gasteiger partial charge in [0.25, 0.3) is 0 Å². The number of hydrogen-bond acceptors (Lipinski definition) is 3. The smallest absolute Gasteiger partial charge is 0.145 e. The molecule has 4 aromatic rings. The van der Waals surface area contributed by atoms with Crippen molar-refractivity contribution in [1.82, 2.24) is 9.55 Å². The van der Waals surface area contributed by atoms with Crippen LogP contribution in [0.15, 0.2) is 48.8 Å². The van der Waals surface area contributed by atoms with Crippen molar-refractivity contribution >= 4 is 38.4 Å². The van der Waals surface area contributed by atoms with Crippen LogP contribution in [0.4, 0.5) is 0 Å². The number of amidine groups is 1. The highest BCUT2D eigenvalue weighted by Crippen LogP contribution is 2.33. The Labute approximate surface area is 132 Å². The monoisotopic (exact) mass is 304 g/mol. The van der Waals surface area contributed by atoms with E-state index in [-0.39, 0.29) is 12.4 Å². The summed E-state index contributed by atoms with van der Waals surface area (Å²) in [5.41, 5.74) is 7.66. The molecule has 5 nitrogen and oxygen atoms in total. The summed E-state index contributed by atoms with van der Waals surface area (Å²) in [6, 6.07) is 12.3. The summed E-state index contributed by atoms with van der Waals surface area (Å²) in [6.45, 7) is 0.100. The zero-order valence-corrected chi connectivity index (χ0v) is 12.7. The zero-order valence-electron chi connectivity index (χ0n) is 12.7. The highest BCUT2D eigenvalue weighted by atomic mass is 16.5. The van der Waals surface area contributed by atoms with E-state index in [9.17, 15) is 0 Å². The molecule has 23 heavy (non-hydrogen) atoms. The second-order valence-electron chi connectivity index (χ2n) is 5.64. The molecule has 0 radical (unpaired) electrons. The molecule has 2 aromatic heterocycles. The van der Waals surface area contributed by atoms with Gasteiger partial charge in [0.15, 0.2) is 0 Å². The van der Waals surface area contributed by atoms with Crippen molar-refractivity contribution in [3.8, 4) is 5.75 Å². The van der Waals surface area contributed by atoms with Crippen LogP contribution in [-0.2, 0) is 7.05 Å². The number of nitrogens with one attached hydrogen (secondary N) is 1. The number of aromatic nitrogens is 2. The average molecular weight is 304 g/mol. The average Bonchev–Trinajstić information content (AvgIpc) is 2.83. The summed E-state index contributed by atoms with van der Waals surface area (Å²) in [6.07, 6.45) is 3.69. The molecular formula is C18H16N4O. The number of benzene rings is 2. The van der Waals surface area contributed by atoms with Crippen LogP contribution in [-0.4, -0.2) is 22.0 Å². The van der Waals surface area contributed by atoms with Crippen LogP contribution >= 0.6 is 0 Å². The largest absolute Gasteiger partial charge is 0.486 e. The molecule has 0 aliphatic heterocycles. The Bertz CT molecular complexity index is 1060. The topological polar surface area (TPSA) is 76.9 Å². The van der Waals surface area contributed by atoms with Gasteiger partial charge in [-0.3, -0.25) is 10.4 Å². The van der Waals surface area contributed by atoms with E-state index in [2.05, 4.69) is 28.7 Å². The molecule has 0 saturated carbocycles. The third-order valence-electron chi connectivity index (χ3n) is 4.13. The Morgan fingerprint density at radius 3 is 2.78 bits per heavy atom. The van der Waals surface area contributed by atoms with E-state index < -0.39 is 0 Å². The second-order valence-corrected chi connectivity index (χ2v) is 5.64. The first-order chi connectivity index (χ1) is 11.1. The first kappa shape index (κ1) is 13.6. The number of pyridine rings is 1. The first-order valence-corrected chi connectivity index (χ1v) is 7.35. The van der Waals surface area contributed by atoms with Gasteiger partial charge in [0.2, 0.25) is 0 Å². The van der Waals surface area contributed by atoms with Crippen molar-refractivity contribution in [2.45, 2.75) is 0 Å². The number of ether oxygens (including phenoxy) is 1. The molecule has 0 unspecified atom stereocenters. The highest BCUT2D eigenvalue weighted by molar-refractivity contribution is 6.12. The Balaban J connectivity index is 1.98. The maximum absolute atomic E-state index is 7.27. The lowest BCUT2D eigenvalue weighted by molar-refractivity contribution is 0.375. The highest BCUT2D eigenvalue weighted by Gasteiger charge is 2.10. The normalized spacial score (nSPS) is 11.3. The minimum absolute atomic E-state index is 0.0140. The van der Waals surface area contributed by atoms with Crippen LogP contribution in [0.1, 0.15) is 0 Å². The van der Waals surface area contributed by atoms with E-state index in [1.54, 1.807) is 0 Å². The van der Waals surface area contributed by atoms with Gasteiger partial charge in [-0.2, -0.15) is 0 Å². The molecule has 2 aromatic carbocycles. The van der Waals surface area contributed by atoms with Crippen LogP contribution < -0.4 is 10.5 Å². The molecule has 4 rings (SSSR count). The van der Waals surface area contributed by atoms with E-state index in [0.29, 0.717) is 5.75 Å². The third kappa shape index (κ3) is 2.17. The Morgan fingerprint density at radius 2 is 1.96 bits per heavy atom. The predicted octanol–water partition coefficient (Wildman–Crippen LogP) is 3.19. The molecule has 0 bridgehead atoms. The van der Waals surface area contributed by atoms with Crippen molar-refractivity contribution in [1.29, 1.82) is 5.41 Å². The van der Waals surface area contributed by atoms with Gasteiger partial charge in [0, 0.05) is 46.6 Å². The van der Waals surface area contributed by atoms with Crippen molar-refractivity contribution in [3.05, 3.63) is 48.8 Å². The SMILES string of the molecule is Cn1c2ccc(OCC(=N)N)cc2c2cc3cnccc3cc21. The summed E-state index contributed by atoms with van der Waals surface area (Å²) in [5.74, 6) is 0.728. The zero-order chi connectivity index (χ0) is 16.0. The van der Waals surface area contributed by atoms with Gasteiger partial charge >= 0.3 is 0 Å². The molecule has 0 aliphatic rings. The van der Waals surface area contributed by atoms with Gasteiger partial charge in [0.05, 0.1) is 0 Å². The molecule has 0 saturated heterocycles. The lowest BCUT2D eigenvalue weighted by Gasteiger charge is -2.05. The fourth-order valence-electron chi connectivity index (χ4n) is 3.02. The number of aryl methyl sites for hydroxylation is 1. The van der Waals surface area contributed by atoms with Crippen molar-refractivity contribution < 1.29 is 4.74 Å². The molecule has 3 N–H and O–H groups in total. The van der Waals surface area contributed by atoms with Crippen molar-refractivity contribution in [2.24, 2.45) is 12.8 Å². The minimum atomic E-state index is 0.0140. The van der Waals surface area contributed by atoms with E-state index >= 15 is 0 Å². The standard InChI is InChI=1S/C18H16N4O/c1-22-16-3-2-13(23-10-18(19)20)8-15(16)14-6-12-9-21-5-4-11(12)7-17(14)22/h2-9H,10H2,1H3,(H3,19,20). The predicted molar refractivity (Wildman–Crippen MR) is 93.1 cm³/mol.